The molecule has 0 aromatic heterocycles. The van der Waals surface area contributed by atoms with E-state index in [0.29, 0.717) is 18.9 Å². The van der Waals surface area contributed by atoms with Crippen molar-refractivity contribution in [2.45, 2.75) is 18.6 Å². The predicted molar refractivity (Wildman–Crippen MR) is 96.8 cm³/mol. The zero-order valence-corrected chi connectivity index (χ0v) is 14.7. The van der Waals surface area contributed by atoms with E-state index < -0.39 is 23.3 Å². The molecule has 2 fully saturated rings. The molecule has 7 heteroatoms. The van der Waals surface area contributed by atoms with Gasteiger partial charge in [0.1, 0.15) is 0 Å². The lowest BCUT2D eigenvalue weighted by atomic mass is 10.0. The van der Waals surface area contributed by atoms with Crippen molar-refractivity contribution in [1.29, 1.82) is 0 Å². The van der Waals surface area contributed by atoms with Gasteiger partial charge >= 0.3 is 0 Å². The number of benzene rings is 2. The fourth-order valence-corrected chi connectivity index (χ4v) is 3.49. The molecule has 0 unspecified atom stereocenters. The molecule has 142 valence electrons. The van der Waals surface area contributed by atoms with Gasteiger partial charge in [-0.1, -0.05) is 0 Å². The van der Waals surface area contributed by atoms with Crippen LogP contribution < -0.4 is 10.2 Å². The van der Waals surface area contributed by atoms with Gasteiger partial charge in [0.15, 0.2) is 17.4 Å². The van der Waals surface area contributed by atoms with Gasteiger partial charge in [-0.05, 0) is 42.5 Å². The normalized spacial score (nSPS) is 18.7. The first-order valence-corrected chi connectivity index (χ1v) is 8.94. The molecule has 1 spiro atoms. The minimum Gasteiger partial charge on any atom is -0.371 e. The molecule has 0 aliphatic carbocycles. The number of hydrogen-bond acceptors (Lipinski definition) is 4. The average molecular weight is 374 g/mol. The molecule has 2 heterocycles. The van der Waals surface area contributed by atoms with Crippen LogP contribution in [0.5, 0.6) is 0 Å². The molecule has 0 saturated carbocycles. The predicted octanol–water partition coefficient (Wildman–Crippen LogP) is 3.56. The smallest absolute Gasteiger partial charge is 0.255 e. The number of piperidine rings is 1. The summed E-state index contributed by atoms with van der Waals surface area (Å²) < 4.78 is 37.7. The minimum absolute atomic E-state index is 0.0656. The maximum atomic E-state index is 13.3. The molecule has 0 atom stereocenters. The van der Waals surface area contributed by atoms with Crippen molar-refractivity contribution in [3.8, 4) is 0 Å². The first-order valence-electron chi connectivity index (χ1n) is 8.94. The van der Waals surface area contributed by atoms with E-state index in [1.807, 2.05) is 12.1 Å². The first kappa shape index (κ1) is 17.9. The molecule has 27 heavy (non-hydrogen) atoms. The van der Waals surface area contributed by atoms with E-state index in [9.17, 15) is 13.6 Å². The summed E-state index contributed by atoms with van der Waals surface area (Å²) in [5.74, 6) is -2.92. The Balaban J connectivity index is 1.37. The molecule has 2 saturated heterocycles. The number of nitrogens with zero attached hydrogens (tertiary/aromatic N) is 1. The lowest BCUT2D eigenvalue weighted by molar-refractivity contribution is -0.169. The van der Waals surface area contributed by atoms with Gasteiger partial charge in [-0.15, -0.1) is 0 Å². The topological polar surface area (TPSA) is 50.8 Å². The lowest BCUT2D eigenvalue weighted by Crippen LogP contribution is -2.45. The van der Waals surface area contributed by atoms with Gasteiger partial charge in [0.05, 0.1) is 13.2 Å². The van der Waals surface area contributed by atoms with Gasteiger partial charge in [-0.2, -0.15) is 0 Å². The summed E-state index contributed by atoms with van der Waals surface area (Å²) in [5.41, 5.74) is 1.70. The summed E-state index contributed by atoms with van der Waals surface area (Å²) in [5, 5.41) is 2.69. The fourth-order valence-electron chi connectivity index (χ4n) is 3.49. The lowest BCUT2D eigenvalue weighted by Gasteiger charge is -2.38. The standard InChI is InChI=1S/C20H20F2N2O3/c21-17-6-1-14(13-18(17)22)19(25)23-15-2-4-16(5-3-15)24-9-7-20(8-10-24)26-11-12-27-20/h1-6,13H,7-12H2,(H,23,25). The molecule has 5 nitrogen and oxygen atoms in total. The summed E-state index contributed by atoms with van der Waals surface area (Å²) in [6.45, 7) is 2.99. The third-order valence-electron chi connectivity index (χ3n) is 5.01. The van der Waals surface area contributed by atoms with Crippen LogP contribution in [0, 0.1) is 11.6 Å². The third-order valence-corrected chi connectivity index (χ3v) is 5.01. The van der Waals surface area contributed by atoms with Crippen LogP contribution in [0.25, 0.3) is 0 Å². The second-order valence-corrected chi connectivity index (χ2v) is 6.72. The van der Waals surface area contributed by atoms with Crippen molar-refractivity contribution in [2.75, 3.05) is 36.5 Å². The van der Waals surface area contributed by atoms with Crippen molar-refractivity contribution >= 4 is 17.3 Å². The van der Waals surface area contributed by atoms with Gasteiger partial charge in [-0.25, -0.2) is 8.78 Å². The Hall–Kier alpha value is -2.51. The van der Waals surface area contributed by atoms with Crippen LogP contribution in [0.4, 0.5) is 20.2 Å². The fraction of sp³-hybridized carbons (Fsp3) is 0.350. The summed E-state index contributed by atoms with van der Waals surface area (Å²) in [7, 11) is 0. The molecule has 0 bridgehead atoms. The van der Waals surface area contributed by atoms with Crippen molar-refractivity contribution in [3.63, 3.8) is 0 Å². The van der Waals surface area contributed by atoms with E-state index in [-0.39, 0.29) is 5.56 Å². The van der Waals surface area contributed by atoms with Gasteiger partial charge in [0.2, 0.25) is 0 Å². The SMILES string of the molecule is O=C(Nc1ccc(N2CCC3(CC2)OCCO3)cc1)c1ccc(F)c(F)c1. The Morgan fingerprint density at radius 1 is 0.963 bits per heavy atom. The van der Waals surface area contributed by atoms with Crippen molar-refractivity contribution in [2.24, 2.45) is 0 Å². The zero-order valence-electron chi connectivity index (χ0n) is 14.7. The van der Waals surface area contributed by atoms with E-state index in [2.05, 4.69) is 10.2 Å². The van der Waals surface area contributed by atoms with Gasteiger partial charge < -0.3 is 19.7 Å². The van der Waals surface area contributed by atoms with Crippen LogP contribution in [-0.2, 0) is 9.47 Å². The largest absolute Gasteiger partial charge is 0.371 e. The Bertz CT molecular complexity index is 826. The Morgan fingerprint density at radius 3 is 2.26 bits per heavy atom. The van der Waals surface area contributed by atoms with E-state index in [1.54, 1.807) is 12.1 Å². The first-order chi connectivity index (χ1) is 13.0. The number of hydrogen-bond donors (Lipinski definition) is 1. The second kappa shape index (κ2) is 7.25. The number of ether oxygens (including phenoxy) is 2. The number of halogens is 2. The van der Waals surface area contributed by atoms with E-state index >= 15 is 0 Å². The number of amides is 1. The highest BCUT2D eigenvalue weighted by molar-refractivity contribution is 6.04. The molecule has 2 aromatic rings. The van der Waals surface area contributed by atoms with Gasteiger partial charge in [0, 0.05) is 42.9 Å². The number of rotatable bonds is 3. The molecule has 4 rings (SSSR count). The summed E-state index contributed by atoms with van der Waals surface area (Å²) in [4.78, 5) is 14.4. The molecule has 0 radical (unpaired) electrons. The highest BCUT2D eigenvalue weighted by atomic mass is 19.2. The van der Waals surface area contributed by atoms with Crippen molar-refractivity contribution in [1.82, 2.24) is 0 Å². The number of carbonyl (C=O) groups is 1. The van der Waals surface area contributed by atoms with Crippen molar-refractivity contribution < 1.29 is 23.0 Å². The molecular formula is C20H20F2N2O3. The molecular weight excluding hydrogens is 354 g/mol. The molecule has 1 amide bonds. The molecule has 2 aromatic carbocycles. The summed E-state index contributed by atoms with van der Waals surface area (Å²) >= 11 is 0. The van der Waals surface area contributed by atoms with Crippen LogP contribution in [-0.4, -0.2) is 38.0 Å². The van der Waals surface area contributed by atoms with E-state index in [1.165, 1.54) is 6.07 Å². The average Bonchev–Trinajstić information content (AvgIpc) is 3.13. The summed E-state index contributed by atoms with van der Waals surface area (Å²) in [6, 6.07) is 10.5. The van der Waals surface area contributed by atoms with E-state index in [4.69, 9.17) is 9.47 Å². The molecule has 2 aliphatic heterocycles. The van der Waals surface area contributed by atoms with Crippen LogP contribution in [0.2, 0.25) is 0 Å². The maximum absolute atomic E-state index is 13.3. The van der Waals surface area contributed by atoms with E-state index in [0.717, 1.165) is 43.8 Å². The monoisotopic (exact) mass is 374 g/mol. The zero-order chi connectivity index (χ0) is 18.9. The molecule has 2 aliphatic rings. The summed E-state index contributed by atoms with van der Waals surface area (Å²) in [6.07, 6.45) is 1.64. The number of nitrogens with one attached hydrogen (secondary N) is 1. The number of carbonyl (C=O) groups excluding carboxylic acids is 1. The van der Waals surface area contributed by atoms with Crippen molar-refractivity contribution in [3.05, 3.63) is 59.7 Å². The second-order valence-electron chi connectivity index (χ2n) is 6.72. The Morgan fingerprint density at radius 2 is 1.63 bits per heavy atom. The molecule has 1 N–H and O–H groups in total. The quantitative estimate of drug-likeness (QED) is 0.893. The van der Waals surface area contributed by atoms with Gasteiger partial charge in [0.25, 0.3) is 5.91 Å². The highest BCUT2D eigenvalue weighted by Crippen LogP contribution is 2.33. The number of anilines is 2. The maximum Gasteiger partial charge on any atom is 0.255 e. The van der Waals surface area contributed by atoms with Crippen LogP contribution in [0.15, 0.2) is 42.5 Å². The Labute approximate surface area is 155 Å². The minimum atomic E-state index is -1.05. The Kier molecular flexibility index (Phi) is 4.80. The van der Waals surface area contributed by atoms with Gasteiger partial charge in [-0.3, -0.25) is 4.79 Å². The third kappa shape index (κ3) is 3.79. The van der Waals surface area contributed by atoms with Crippen LogP contribution >= 0.6 is 0 Å². The highest BCUT2D eigenvalue weighted by Gasteiger charge is 2.39. The van der Waals surface area contributed by atoms with Crippen LogP contribution in [0.3, 0.4) is 0 Å². The van der Waals surface area contributed by atoms with Crippen LogP contribution in [0.1, 0.15) is 23.2 Å².